The molecule has 0 atom stereocenters. The fourth-order valence-electron chi connectivity index (χ4n) is 3.91. The first-order valence-corrected chi connectivity index (χ1v) is 10.8. The lowest BCUT2D eigenvalue weighted by atomic mass is 10.1. The Kier molecular flexibility index (Phi) is 6.22. The molecule has 0 saturated heterocycles. The molecular formula is C28H28N2O3. The van der Waals surface area contributed by atoms with Crippen molar-refractivity contribution in [3.8, 4) is 28.4 Å². The van der Waals surface area contributed by atoms with Crippen molar-refractivity contribution in [2.75, 3.05) is 19.5 Å². The Hall–Kier alpha value is -3.99. The number of aromatic nitrogens is 1. The number of nitrogens with zero attached hydrogens (tertiary/aromatic N) is 1. The Morgan fingerprint density at radius 2 is 1.52 bits per heavy atom. The number of hydrogen-bond acceptors (Lipinski definition) is 3. The third-order valence-electron chi connectivity index (χ3n) is 5.95. The summed E-state index contributed by atoms with van der Waals surface area (Å²) in [6.45, 7) is 6.06. The minimum absolute atomic E-state index is 0.146. The van der Waals surface area contributed by atoms with Gasteiger partial charge in [-0.25, -0.2) is 0 Å². The Morgan fingerprint density at radius 1 is 0.788 bits per heavy atom. The molecule has 0 unspecified atom stereocenters. The number of carbonyl (C=O) groups excluding carboxylic acids is 1. The fraction of sp³-hybridized carbons (Fsp3) is 0.179. The number of benzene rings is 3. The summed E-state index contributed by atoms with van der Waals surface area (Å²) in [6.07, 6.45) is 0. The molecule has 3 aromatic carbocycles. The van der Waals surface area contributed by atoms with Gasteiger partial charge in [-0.1, -0.05) is 12.1 Å². The van der Waals surface area contributed by atoms with E-state index in [2.05, 4.69) is 16.8 Å². The fourth-order valence-corrected chi connectivity index (χ4v) is 3.91. The topological polar surface area (TPSA) is 52.5 Å². The molecule has 33 heavy (non-hydrogen) atoms. The molecule has 0 bridgehead atoms. The number of aryl methyl sites for hydroxylation is 2. The van der Waals surface area contributed by atoms with E-state index >= 15 is 0 Å². The zero-order valence-corrected chi connectivity index (χ0v) is 19.6. The molecule has 0 aliphatic rings. The maximum absolute atomic E-state index is 13.3. The van der Waals surface area contributed by atoms with Crippen LogP contribution in [0.15, 0.2) is 72.8 Å². The standard InChI is InChI=1S/C28H28N2O3/c1-18-9-12-22(15-19(18)2)29-28(31)26-17-27(21-10-13-24(32-4)14-11-21)30(20(26)3)23-7-6-8-25(16-23)33-5/h6-17H,1-5H3,(H,29,31). The lowest BCUT2D eigenvalue weighted by Gasteiger charge is -2.14. The monoisotopic (exact) mass is 440 g/mol. The SMILES string of the molecule is COc1ccc(-c2cc(C(=O)Nc3ccc(C)c(C)c3)c(C)n2-c2cccc(OC)c2)cc1. The summed E-state index contributed by atoms with van der Waals surface area (Å²) in [6, 6.07) is 23.5. The lowest BCUT2D eigenvalue weighted by Crippen LogP contribution is -2.13. The quantitative estimate of drug-likeness (QED) is 0.381. The van der Waals surface area contributed by atoms with Crippen molar-refractivity contribution in [1.29, 1.82) is 0 Å². The highest BCUT2D eigenvalue weighted by Crippen LogP contribution is 2.32. The average molecular weight is 441 g/mol. The maximum Gasteiger partial charge on any atom is 0.257 e. The first-order valence-electron chi connectivity index (χ1n) is 10.8. The van der Waals surface area contributed by atoms with E-state index in [0.29, 0.717) is 5.56 Å². The molecule has 1 heterocycles. The number of hydrogen-bond donors (Lipinski definition) is 1. The summed E-state index contributed by atoms with van der Waals surface area (Å²) in [5.41, 5.74) is 7.37. The third kappa shape index (κ3) is 4.48. The van der Waals surface area contributed by atoms with Crippen molar-refractivity contribution in [3.05, 3.63) is 95.2 Å². The van der Waals surface area contributed by atoms with Crippen molar-refractivity contribution >= 4 is 11.6 Å². The highest BCUT2D eigenvalue weighted by molar-refractivity contribution is 6.06. The molecule has 0 fully saturated rings. The maximum atomic E-state index is 13.3. The van der Waals surface area contributed by atoms with Crippen molar-refractivity contribution in [2.45, 2.75) is 20.8 Å². The molecule has 4 aromatic rings. The molecule has 4 rings (SSSR count). The zero-order chi connectivity index (χ0) is 23.5. The molecule has 0 radical (unpaired) electrons. The Balaban J connectivity index is 1.81. The molecule has 1 amide bonds. The van der Waals surface area contributed by atoms with Crippen molar-refractivity contribution in [2.24, 2.45) is 0 Å². The molecule has 168 valence electrons. The van der Waals surface area contributed by atoms with Gasteiger partial charge in [-0.15, -0.1) is 0 Å². The highest BCUT2D eigenvalue weighted by Gasteiger charge is 2.20. The van der Waals surface area contributed by atoms with Crippen LogP contribution in [0, 0.1) is 20.8 Å². The Bertz CT molecular complexity index is 1300. The predicted octanol–water partition coefficient (Wildman–Crippen LogP) is 6.34. The first kappa shape index (κ1) is 22.2. The number of rotatable bonds is 6. The second kappa shape index (κ2) is 9.25. The van der Waals surface area contributed by atoms with Gasteiger partial charge in [0, 0.05) is 23.1 Å². The Labute approximate surface area is 194 Å². The van der Waals surface area contributed by atoms with Crippen LogP contribution >= 0.6 is 0 Å². The van der Waals surface area contributed by atoms with Gasteiger partial charge in [0.2, 0.25) is 0 Å². The van der Waals surface area contributed by atoms with Gasteiger partial charge in [-0.3, -0.25) is 4.79 Å². The normalized spacial score (nSPS) is 10.7. The number of carbonyl (C=O) groups is 1. The Morgan fingerprint density at radius 3 is 2.18 bits per heavy atom. The molecule has 0 saturated carbocycles. The van der Waals surface area contributed by atoms with E-state index < -0.39 is 0 Å². The van der Waals surface area contributed by atoms with Gasteiger partial charge < -0.3 is 19.4 Å². The lowest BCUT2D eigenvalue weighted by molar-refractivity contribution is 0.102. The van der Waals surface area contributed by atoms with E-state index in [1.165, 1.54) is 5.56 Å². The first-order chi connectivity index (χ1) is 15.9. The molecule has 0 aliphatic carbocycles. The van der Waals surface area contributed by atoms with Gasteiger partial charge in [0.1, 0.15) is 11.5 Å². The zero-order valence-electron chi connectivity index (χ0n) is 19.6. The highest BCUT2D eigenvalue weighted by atomic mass is 16.5. The minimum Gasteiger partial charge on any atom is -0.497 e. The van der Waals surface area contributed by atoms with Crippen molar-refractivity contribution < 1.29 is 14.3 Å². The molecule has 0 spiro atoms. The van der Waals surface area contributed by atoms with E-state index in [0.717, 1.165) is 45.4 Å². The number of methoxy groups -OCH3 is 2. The molecule has 5 nitrogen and oxygen atoms in total. The average Bonchev–Trinajstić information content (AvgIpc) is 3.18. The smallest absolute Gasteiger partial charge is 0.257 e. The molecule has 1 N–H and O–H groups in total. The van der Waals surface area contributed by atoms with E-state index in [9.17, 15) is 4.79 Å². The summed E-state index contributed by atoms with van der Waals surface area (Å²) >= 11 is 0. The number of anilines is 1. The second-order valence-electron chi connectivity index (χ2n) is 8.05. The van der Waals surface area contributed by atoms with Gasteiger partial charge >= 0.3 is 0 Å². The van der Waals surface area contributed by atoms with Gasteiger partial charge in [0.15, 0.2) is 0 Å². The summed E-state index contributed by atoms with van der Waals surface area (Å²) in [4.78, 5) is 13.3. The predicted molar refractivity (Wildman–Crippen MR) is 133 cm³/mol. The van der Waals surface area contributed by atoms with Crippen LogP contribution in [-0.4, -0.2) is 24.7 Å². The van der Waals surface area contributed by atoms with Crippen LogP contribution < -0.4 is 14.8 Å². The summed E-state index contributed by atoms with van der Waals surface area (Å²) in [7, 11) is 3.29. The summed E-state index contributed by atoms with van der Waals surface area (Å²) < 4.78 is 12.8. The molecular weight excluding hydrogens is 412 g/mol. The second-order valence-corrected chi connectivity index (χ2v) is 8.05. The summed E-state index contributed by atoms with van der Waals surface area (Å²) in [5.74, 6) is 1.39. The minimum atomic E-state index is -0.146. The van der Waals surface area contributed by atoms with Crippen molar-refractivity contribution in [1.82, 2.24) is 4.57 Å². The number of ether oxygens (including phenoxy) is 2. The van der Waals surface area contributed by atoms with Crippen LogP contribution in [0.25, 0.3) is 16.9 Å². The van der Waals surface area contributed by atoms with Crippen LogP contribution in [0.4, 0.5) is 5.69 Å². The number of amides is 1. The van der Waals surface area contributed by atoms with E-state index in [1.54, 1.807) is 14.2 Å². The van der Waals surface area contributed by atoms with E-state index in [1.807, 2.05) is 86.6 Å². The van der Waals surface area contributed by atoms with Gasteiger partial charge in [0.05, 0.1) is 25.5 Å². The van der Waals surface area contributed by atoms with Crippen LogP contribution in [0.5, 0.6) is 11.5 Å². The largest absolute Gasteiger partial charge is 0.497 e. The van der Waals surface area contributed by atoms with Crippen LogP contribution in [0.1, 0.15) is 27.2 Å². The van der Waals surface area contributed by atoms with Crippen LogP contribution in [0.2, 0.25) is 0 Å². The van der Waals surface area contributed by atoms with E-state index in [-0.39, 0.29) is 5.91 Å². The van der Waals surface area contributed by atoms with Crippen molar-refractivity contribution in [3.63, 3.8) is 0 Å². The molecule has 1 aromatic heterocycles. The van der Waals surface area contributed by atoms with Gasteiger partial charge in [-0.2, -0.15) is 0 Å². The summed E-state index contributed by atoms with van der Waals surface area (Å²) in [5, 5.41) is 3.05. The van der Waals surface area contributed by atoms with Crippen LogP contribution in [-0.2, 0) is 0 Å². The van der Waals surface area contributed by atoms with E-state index in [4.69, 9.17) is 9.47 Å². The molecule has 5 heteroatoms. The molecule has 0 aliphatic heterocycles. The third-order valence-corrected chi connectivity index (χ3v) is 5.95. The number of nitrogens with one attached hydrogen (secondary N) is 1. The van der Waals surface area contributed by atoms with Gasteiger partial charge in [0.25, 0.3) is 5.91 Å². The van der Waals surface area contributed by atoms with Gasteiger partial charge in [-0.05, 0) is 92.1 Å². The van der Waals surface area contributed by atoms with Crippen LogP contribution in [0.3, 0.4) is 0 Å².